The lowest BCUT2D eigenvalue weighted by molar-refractivity contribution is 0.318. The number of likely N-dealkylation sites (tertiary alicyclic amines) is 1. The summed E-state index contributed by atoms with van der Waals surface area (Å²) in [6.45, 7) is 8.41. The Morgan fingerprint density at radius 2 is 2.00 bits per heavy atom. The van der Waals surface area contributed by atoms with E-state index in [-0.39, 0.29) is 24.8 Å². The van der Waals surface area contributed by atoms with Gasteiger partial charge in [-0.15, -0.1) is 36.2 Å². The number of thiazole rings is 1. The monoisotopic (exact) mass is 309 g/mol. The summed E-state index contributed by atoms with van der Waals surface area (Å²) in [4.78, 5) is 8.41. The van der Waals surface area contributed by atoms with Gasteiger partial charge >= 0.3 is 0 Å². The van der Waals surface area contributed by atoms with Crippen LogP contribution in [0.5, 0.6) is 0 Å². The molecule has 0 saturated carbocycles. The number of nitrogens with zero attached hydrogens (tertiary/aromatic N) is 2. The van der Waals surface area contributed by atoms with Crippen LogP contribution in [-0.4, -0.2) is 42.6 Å². The van der Waals surface area contributed by atoms with Crippen molar-refractivity contribution < 1.29 is 0 Å². The molecule has 18 heavy (non-hydrogen) atoms. The Bertz CT molecular complexity index is 360. The smallest absolute Gasteiger partial charge is 0.0797 e. The fourth-order valence-electron chi connectivity index (χ4n) is 2.96. The quantitative estimate of drug-likeness (QED) is 0.925. The molecule has 2 aliphatic heterocycles. The zero-order valence-corrected chi connectivity index (χ0v) is 13.0. The Kier molecular flexibility index (Phi) is 6.35. The summed E-state index contributed by atoms with van der Waals surface area (Å²) >= 11 is 1.80. The number of nitrogens with one attached hydrogen (secondary N) is 1. The van der Waals surface area contributed by atoms with Crippen LogP contribution < -0.4 is 5.32 Å². The highest BCUT2D eigenvalue weighted by Crippen LogP contribution is 2.26. The fraction of sp³-hybridized carbons (Fsp3) is 0.750. The zero-order valence-electron chi connectivity index (χ0n) is 10.6. The molecule has 0 amide bonds. The predicted octanol–water partition coefficient (Wildman–Crippen LogP) is 1.99. The van der Waals surface area contributed by atoms with Gasteiger partial charge in [0.1, 0.15) is 0 Å². The van der Waals surface area contributed by atoms with Gasteiger partial charge < -0.3 is 10.2 Å². The van der Waals surface area contributed by atoms with E-state index in [9.17, 15) is 0 Å². The van der Waals surface area contributed by atoms with Gasteiger partial charge in [0.2, 0.25) is 0 Å². The molecule has 0 unspecified atom stereocenters. The van der Waals surface area contributed by atoms with E-state index < -0.39 is 0 Å². The molecule has 2 fully saturated rings. The first-order chi connectivity index (χ1) is 7.83. The van der Waals surface area contributed by atoms with Crippen LogP contribution in [0.25, 0.3) is 0 Å². The minimum absolute atomic E-state index is 0. The van der Waals surface area contributed by atoms with Gasteiger partial charge in [-0.25, -0.2) is 4.98 Å². The summed E-state index contributed by atoms with van der Waals surface area (Å²) in [5.41, 5.74) is 3.19. The largest absolute Gasteiger partial charge is 0.316 e. The lowest BCUT2D eigenvalue weighted by atomic mass is 10.0. The minimum atomic E-state index is 0. The summed E-state index contributed by atoms with van der Waals surface area (Å²) in [7, 11) is 0. The number of fused-ring (bicyclic) bond motifs is 1. The molecule has 104 valence electrons. The lowest BCUT2D eigenvalue weighted by Crippen LogP contribution is -2.27. The highest BCUT2D eigenvalue weighted by molar-refractivity contribution is 7.09. The van der Waals surface area contributed by atoms with Crippen LogP contribution >= 0.6 is 36.2 Å². The molecule has 3 rings (SSSR count). The van der Waals surface area contributed by atoms with Crippen molar-refractivity contribution in [1.82, 2.24) is 15.2 Å². The van der Waals surface area contributed by atoms with Gasteiger partial charge in [0.05, 0.1) is 11.2 Å². The van der Waals surface area contributed by atoms with Crippen molar-refractivity contribution in [3.63, 3.8) is 0 Å². The van der Waals surface area contributed by atoms with E-state index in [2.05, 4.69) is 22.1 Å². The molecular weight excluding hydrogens is 289 g/mol. The van der Waals surface area contributed by atoms with Gasteiger partial charge in [-0.3, -0.25) is 0 Å². The van der Waals surface area contributed by atoms with E-state index in [1.54, 1.807) is 11.3 Å². The summed E-state index contributed by atoms with van der Waals surface area (Å²) in [5.74, 6) is 1.84. The second kappa shape index (κ2) is 7.06. The molecule has 0 spiro atoms. The maximum atomic E-state index is 4.31. The number of aromatic nitrogens is 1. The highest BCUT2D eigenvalue weighted by atomic mass is 35.5. The van der Waals surface area contributed by atoms with Gasteiger partial charge in [-0.2, -0.15) is 0 Å². The van der Waals surface area contributed by atoms with E-state index in [4.69, 9.17) is 0 Å². The second-order valence-corrected chi connectivity index (χ2v) is 5.99. The third kappa shape index (κ3) is 3.36. The summed E-state index contributed by atoms with van der Waals surface area (Å²) < 4.78 is 0. The van der Waals surface area contributed by atoms with E-state index in [1.165, 1.54) is 49.7 Å². The molecule has 3 heterocycles. The van der Waals surface area contributed by atoms with Crippen molar-refractivity contribution in [3.05, 3.63) is 16.1 Å². The fourth-order valence-corrected chi connectivity index (χ4v) is 3.73. The first-order valence-electron chi connectivity index (χ1n) is 6.15. The molecule has 0 radical (unpaired) electrons. The Labute approximate surface area is 125 Å². The first-order valence-corrected chi connectivity index (χ1v) is 7.03. The Morgan fingerprint density at radius 1 is 1.33 bits per heavy atom. The van der Waals surface area contributed by atoms with Gasteiger partial charge in [-0.1, -0.05) is 0 Å². The number of rotatable bonds is 3. The maximum Gasteiger partial charge on any atom is 0.0797 e. The molecule has 0 aromatic carbocycles. The maximum absolute atomic E-state index is 4.31. The van der Waals surface area contributed by atoms with Gasteiger partial charge in [0.25, 0.3) is 0 Å². The van der Waals surface area contributed by atoms with Crippen LogP contribution in [0.4, 0.5) is 0 Å². The summed E-state index contributed by atoms with van der Waals surface area (Å²) in [6, 6.07) is 0. The van der Waals surface area contributed by atoms with Crippen molar-refractivity contribution in [3.8, 4) is 0 Å². The van der Waals surface area contributed by atoms with Crippen molar-refractivity contribution in [1.29, 1.82) is 0 Å². The van der Waals surface area contributed by atoms with Gasteiger partial charge in [0, 0.05) is 24.5 Å². The standard InChI is InChI=1S/C12H19N3S.2ClH/c1-9-12(16-8-14-9)2-3-15-6-10-4-13-5-11(10)7-15;;/h8,10-11,13H,2-7H2,1H3;2*1H/t10-,11+;;. The van der Waals surface area contributed by atoms with Crippen LogP contribution in [0.3, 0.4) is 0 Å². The molecule has 1 aromatic rings. The number of aryl methyl sites for hydroxylation is 1. The predicted molar refractivity (Wildman–Crippen MR) is 81.3 cm³/mol. The van der Waals surface area contributed by atoms with Crippen molar-refractivity contribution in [2.24, 2.45) is 11.8 Å². The molecule has 2 aliphatic rings. The zero-order chi connectivity index (χ0) is 11.0. The van der Waals surface area contributed by atoms with Gasteiger partial charge in [-0.05, 0) is 38.3 Å². The minimum Gasteiger partial charge on any atom is -0.316 e. The summed E-state index contributed by atoms with van der Waals surface area (Å²) in [5, 5.41) is 3.49. The normalized spacial score (nSPS) is 26.5. The molecule has 0 bridgehead atoms. The number of hydrogen-bond acceptors (Lipinski definition) is 4. The van der Waals surface area contributed by atoms with Crippen LogP contribution in [0.1, 0.15) is 10.6 Å². The molecule has 2 atom stereocenters. The first kappa shape index (κ1) is 16.2. The average Bonchev–Trinajstić information content (AvgIpc) is 2.89. The van der Waals surface area contributed by atoms with Gasteiger partial charge in [0.15, 0.2) is 0 Å². The van der Waals surface area contributed by atoms with Crippen LogP contribution in [-0.2, 0) is 6.42 Å². The molecule has 0 aliphatic carbocycles. The Balaban J connectivity index is 0.000000810. The van der Waals surface area contributed by atoms with Crippen molar-refractivity contribution in [2.45, 2.75) is 13.3 Å². The van der Waals surface area contributed by atoms with Crippen molar-refractivity contribution in [2.75, 3.05) is 32.7 Å². The molecule has 1 N–H and O–H groups in total. The Morgan fingerprint density at radius 3 is 2.56 bits per heavy atom. The van der Waals surface area contributed by atoms with E-state index in [0.29, 0.717) is 0 Å². The summed E-state index contributed by atoms with van der Waals surface area (Å²) in [6.07, 6.45) is 1.18. The van der Waals surface area contributed by atoms with Crippen LogP contribution in [0, 0.1) is 18.8 Å². The SMILES string of the molecule is Cc1ncsc1CCN1C[C@H]2CNC[C@H]2C1.Cl.Cl. The van der Waals surface area contributed by atoms with E-state index in [0.717, 1.165) is 11.8 Å². The third-order valence-electron chi connectivity index (χ3n) is 3.97. The van der Waals surface area contributed by atoms with Crippen molar-refractivity contribution >= 4 is 36.2 Å². The number of hydrogen-bond donors (Lipinski definition) is 1. The van der Waals surface area contributed by atoms with E-state index in [1.807, 2.05) is 5.51 Å². The lowest BCUT2D eigenvalue weighted by Gasteiger charge is -2.16. The topological polar surface area (TPSA) is 28.2 Å². The molecule has 2 saturated heterocycles. The molecule has 1 aromatic heterocycles. The average molecular weight is 310 g/mol. The third-order valence-corrected chi connectivity index (χ3v) is 4.96. The Hall–Kier alpha value is 0.130. The molecular formula is C12H21Cl2N3S. The number of halogens is 2. The van der Waals surface area contributed by atoms with Crippen LogP contribution in [0.2, 0.25) is 0 Å². The van der Waals surface area contributed by atoms with Crippen LogP contribution in [0.15, 0.2) is 5.51 Å². The second-order valence-electron chi connectivity index (χ2n) is 5.05. The molecule has 3 nitrogen and oxygen atoms in total. The van der Waals surface area contributed by atoms with E-state index >= 15 is 0 Å². The molecule has 6 heteroatoms. The highest BCUT2D eigenvalue weighted by Gasteiger charge is 2.35.